The van der Waals surface area contributed by atoms with Crippen molar-refractivity contribution in [1.82, 2.24) is 5.32 Å². The van der Waals surface area contributed by atoms with E-state index in [2.05, 4.69) is 51.2 Å². The molecule has 1 aromatic carbocycles. The fourth-order valence-corrected chi connectivity index (χ4v) is 2.83. The lowest BCUT2D eigenvalue weighted by Gasteiger charge is -2.29. The van der Waals surface area contributed by atoms with Gasteiger partial charge >= 0.3 is 0 Å². The van der Waals surface area contributed by atoms with Crippen molar-refractivity contribution in [2.75, 3.05) is 19.6 Å². The van der Waals surface area contributed by atoms with Gasteiger partial charge in [-0.2, -0.15) is 0 Å². The van der Waals surface area contributed by atoms with E-state index in [4.69, 9.17) is 5.73 Å². The van der Waals surface area contributed by atoms with E-state index in [0.717, 1.165) is 19.6 Å². The van der Waals surface area contributed by atoms with Crippen LogP contribution in [0.25, 0.3) is 0 Å². The Kier molecular flexibility index (Phi) is 4.03. The average Bonchev–Trinajstić information content (AvgIpc) is 3.12. The molecule has 1 aliphatic carbocycles. The minimum atomic E-state index is 0.167. The largest absolute Gasteiger partial charge is 0.330 e. The van der Waals surface area contributed by atoms with Crippen LogP contribution >= 0.6 is 0 Å². The second-order valence-electron chi connectivity index (χ2n) is 7.01. The monoisotopic (exact) mass is 260 g/mol. The highest BCUT2D eigenvalue weighted by atomic mass is 14.9. The molecular weight excluding hydrogens is 232 g/mol. The standard InChI is InChI=1S/C17H28N2/c1-13-5-6-14(2)15(9-13)16(3,4)11-19-12-17(10-18)7-8-17/h5-6,9,19H,7-8,10-12,18H2,1-4H3. The molecule has 0 atom stereocenters. The molecule has 19 heavy (non-hydrogen) atoms. The molecule has 0 saturated heterocycles. The van der Waals surface area contributed by atoms with E-state index in [0.29, 0.717) is 5.41 Å². The van der Waals surface area contributed by atoms with Crippen molar-refractivity contribution in [2.24, 2.45) is 11.1 Å². The van der Waals surface area contributed by atoms with E-state index in [-0.39, 0.29) is 5.41 Å². The Hall–Kier alpha value is -0.860. The van der Waals surface area contributed by atoms with Gasteiger partial charge < -0.3 is 11.1 Å². The van der Waals surface area contributed by atoms with Crippen LogP contribution in [0.15, 0.2) is 18.2 Å². The van der Waals surface area contributed by atoms with E-state index in [9.17, 15) is 0 Å². The van der Waals surface area contributed by atoms with Crippen molar-refractivity contribution in [3.8, 4) is 0 Å². The molecule has 1 aromatic rings. The lowest BCUT2D eigenvalue weighted by molar-refractivity contribution is 0.409. The maximum Gasteiger partial charge on any atom is 0.00435 e. The van der Waals surface area contributed by atoms with Gasteiger partial charge in [-0.25, -0.2) is 0 Å². The highest BCUT2D eigenvalue weighted by Crippen LogP contribution is 2.43. The first-order chi connectivity index (χ1) is 8.88. The Morgan fingerprint density at radius 1 is 1.26 bits per heavy atom. The average molecular weight is 260 g/mol. The molecule has 0 aromatic heterocycles. The van der Waals surface area contributed by atoms with Crippen LogP contribution < -0.4 is 11.1 Å². The Bertz CT molecular complexity index is 445. The van der Waals surface area contributed by atoms with Crippen molar-refractivity contribution in [2.45, 2.75) is 46.0 Å². The molecule has 0 spiro atoms. The third-order valence-electron chi connectivity index (χ3n) is 4.58. The Labute approximate surface area is 117 Å². The van der Waals surface area contributed by atoms with E-state index < -0.39 is 0 Å². The molecule has 0 unspecified atom stereocenters. The molecule has 2 rings (SSSR count). The Morgan fingerprint density at radius 2 is 1.95 bits per heavy atom. The number of hydrogen-bond donors (Lipinski definition) is 2. The first-order valence-electron chi connectivity index (χ1n) is 7.37. The van der Waals surface area contributed by atoms with Gasteiger partial charge in [-0.15, -0.1) is 0 Å². The zero-order valence-corrected chi connectivity index (χ0v) is 12.8. The molecule has 0 bridgehead atoms. The SMILES string of the molecule is Cc1ccc(C)c(C(C)(C)CNCC2(CN)CC2)c1. The summed E-state index contributed by atoms with van der Waals surface area (Å²) in [6.07, 6.45) is 2.58. The summed E-state index contributed by atoms with van der Waals surface area (Å²) in [4.78, 5) is 0. The van der Waals surface area contributed by atoms with Gasteiger partial charge in [0.1, 0.15) is 0 Å². The van der Waals surface area contributed by atoms with Crippen molar-refractivity contribution < 1.29 is 0 Å². The second kappa shape index (κ2) is 5.26. The molecule has 0 heterocycles. The first kappa shape index (κ1) is 14.5. The quantitative estimate of drug-likeness (QED) is 0.825. The van der Waals surface area contributed by atoms with Gasteiger partial charge in [0.25, 0.3) is 0 Å². The topological polar surface area (TPSA) is 38.0 Å². The molecule has 1 aliphatic rings. The number of hydrogen-bond acceptors (Lipinski definition) is 2. The van der Waals surface area contributed by atoms with Crippen LogP contribution in [0.1, 0.15) is 43.4 Å². The van der Waals surface area contributed by atoms with Crippen molar-refractivity contribution >= 4 is 0 Å². The van der Waals surface area contributed by atoms with Crippen LogP contribution in [-0.4, -0.2) is 19.6 Å². The van der Waals surface area contributed by atoms with Crippen molar-refractivity contribution in [1.29, 1.82) is 0 Å². The number of aryl methyl sites for hydroxylation is 2. The van der Waals surface area contributed by atoms with Crippen LogP contribution in [-0.2, 0) is 5.41 Å². The van der Waals surface area contributed by atoms with Gasteiger partial charge in [-0.05, 0) is 49.8 Å². The number of rotatable bonds is 6. The summed E-state index contributed by atoms with van der Waals surface area (Å²) in [6.45, 7) is 11.9. The normalized spacial score (nSPS) is 17.5. The summed E-state index contributed by atoms with van der Waals surface area (Å²) >= 11 is 0. The summed E-state index contributed by atoms with van der Waals surface area (Å²) in [5.41, 5.74) is 10.6. The van der Waals surface area contributed by atoms with E-state index in [1.165, 1.54) is 29.5 Å². The molecule has 2 nitrogen and oxygen atoms in total. The summed E-state index contributed by atoms with van der Waals surface area (Å²) in [7, 11) is 0. The van der Waals surface area contributed by atoms with E-state index >= 15 is 0 Å². The third-order valence-corrected chi connectivity index (χ3v) is 4.58. The molecule has 106 valence electrons. The van der Waals surface area contributed by atoms with Crippen LogP contribution in [0, 0.1) is 19.3 Å². The third kappa shape index (κ3) is 3.37. The van der Waals surface area contributed by atoms with Crippen LogP contribution in [0.4, 0.5) is 0 Å². The fourth-order valence-electron chi connectivity index (χ4n) is 2.83. The lowest BCUT2D eigenvalue weighted by Crippen LogP contribution is -2.38. The van der Waals surface area contributed by atoms with E-state index in [1.54, 1.807) is 0 Å². The molecule has 0 amide bonds. The molecule has 1 saturated carbocycles. The van der Waals surface area contributed by atoms with Crippen molar-refractivity contribution in [3.05, 3.63) is 34.9 Å². The number of nitrogens with one attached hydrogen (secondary N) is 1. The van der Waals surface area contributed by atoms with Crippen LogP contribution in [0.2, 0.25) is 0 Å². The Morgan fingerprint density at radius 3 is 2.53 bits per heavy atom. The van der Waals surface area contributed by atoms with E-state index in [1.807, 2.05) is 0 Å². The predicted molar refractivity (Wildman–Crippen MR) is 82.5 cm³/mol. The predicted octanol–water partition coefficient (Wildman–Crippen LogP) is 2.91. The summed E-state index contributed by atoms with van der Waals surface area (Å²) in [6, 6.07) is 6.75. The number of benzene rings is 1. The summed E-state index contributed by atoms with van der Waals surface area (Å²) in [5, 5.41) is 3.64. The maximum atomic E-state index is 5.83. The summed E-state index contributed by atoms with van der Waals surface area (Å²) < 4.78 is 0. The minimum absolute atomic E-state index is 0.167. The molecule has 0 aliphatic heterocycles. The van der Waals surface area contributed by atoms with Crippen molar-refractivity contribution in [3.63, 3.8) is 0 Å². The second-order valence-corrected chi connectivity index (χ2v) is 7.01. The zero-order chi connectivity index (χ0) is 14.1. The maximum absolute atomic E-state index is 5.83. The fraction of sp³-hybridized carbons (Fsp3) is 0.647. The minimum Gasteiger partial charge on any atom is -0.330 e. The molecule has 3 N–H and O–H groups in total. The van der Waals surface area contributed by atoms with Gasteiger partial charge in [-0.1, -0.05) is 37.6 Å². The van der Waals surface area contributed by atoms with Crippen LogP contribution in [0.3, 0.4) is 0 Å². The molecule has 1 fully saturated rings. The smallest absolute Gasteiger partial charge is 0.00435 e. The highest BCUT2D eigenvalue weighted by Gasteiger charge is 2.40. The summed E-state index contributed by atoms with van der Waals surface area (Å²) in [5.74, 6) is 0. The number of nitrogens with two attached hydrogens (primary N) is 1. The highest BCUT2D eigenvalue weighted by molar-refractivity contribution is 5.36. The van der Waals surface area contributed by atoms with Gasteiger partial charge in [0, 0.05) is 18.5 Å². The molecular formula is C17H28N2. The Balaban J connectivity index is 1.99. The first-order valence-corrected chi connectivity index (χ1v) is 7.37. The molecule has 2 heteroatoms. The van der Waals surface area contributed by atoms with Gasteiger partial charge in [0.2, 0.25) is 0 Å². The van der Waals surface area contributed by atoms with Gasteiger partial charge in [0.05, 0.1) is 0 Å². The van der Waals surface area contributed by atoms with Gasteiger partial charge in [-0.3, -0.25) is 0 Å². The van der Waals surface area contributed by atoms with Gasteiger partial charge in [0.15, 0.2) is 0 Å². The zero-order valence-electron chi connectivity index (χ0n) is 12.8. The van der Waals surface area contributed by atoms with Crippen LogP contribution in [0.5, 0.6) is 0 Å². The molecule has 0 radical (unpaired) electrons. The lowest BCUT2D eigenvalue weighted by atomic mass is 9.81.